The van der Waals surface area contributed by atoms with Gasteiger partial charge in [0.25, 0.3) is 0 Å². The van der Waals surface area contributed by atoms with Gasteiger partial charge in [0.1, 0.15) is 5.82 Å². The van der Waals surface area contributed by atoms with Gasteiger partial charge in [-0.15, -0.1) is 11.8 Å². The molecule has 0 fully saturated rings. The minimum absolute atomic E-state index is 0.148. The molecule has 5 heteroatoms. The third kappa shape index (κ3) is 4.56. The minimum Gasteiger partial charge on any atom is -0.370 e. The molecule has 3 N–H and O–H groups in total. The topological polar surface area (TPSA) is 50.4 Å². The summed E-state index contributed by atoms with van der Waals surface area (Å²) in [6, 6.07) is 5.02. The molecule has 0 aliphatic heterocycles. The Morgan fingerprint density at radius 2 is 2.11 bits per heavy atom. The van der Waals surface area contributed by atoms with Crippen molar-refractivity contribution in [2.24, 2.45) is 10.7 Å². The molecule has 1 rings (SSSR count). The second-order valence-corrected chi connectivity index (χ2v) is 5.85. The molecule has 18 heavy (non-hydrogen) atoms. The Kier molecular flexibility index (Phi) is 5.02. The summed E-state index contributed by atoms with van der Waals surface area (Å²) in [5, 5.41) is 3.04. The van der Waals surface area contributed by atoms with E-state index in [2.05, 4.69) is 10.3 Å². The second kappa shape index (κ2) is 6.09. The van der Waals surface area contributed by atoms with E-state index in [1.807, 2.05) is 33.1 Å². The van der Waals surface area contributed by atoms with Crippen LogP contribution in [0.15, 0.2) is 28.1 Å². The van der Waals surface area contributed by atoms with Gasteiger partial charge < -0.3 is 11.1 Å². The number of halogens is 1. The average molecular weight is 269 g/mol. The predicted molar refractivity (Wildman–Crippen MR) is 76.4 cm³/mol. The Bertz CT molecular complexity index is 438. The highest BCUT2D eigenvalue weighted by molar-refractivity contribution is 7.98. The van der Waals surface area contributed by atoms with E-state index in [9.17, 15) is 4.39 Å². The van der Waals surface area contributed by atoms with Crippen LogP contribution in [0.4, 0.5) is 4.39 Å². The summed E-state index contributed by atoms with van der Waals surface area (Å²) in [6.07, 6.45) is 1.92. The smallest absolute Gasteiger partial charge is 0.189 e. The maximum atomic E-state index is 13.7. The van der Waals surface area contributed by atoms with Crippen LogP contribution in [0.25, 0.3) is 0 Å². The highest BCUT2D eigenvalue weighted by Gasteiger charge is 2.11. The van der Waals surface area contributed by atoms with Crippen LogP contribution in [0.5, 0.6) is 0 Å². The summed E-state index contributed by atoms with van der Waals surface area (Å²) in [4.78, 5) is 5.07. The van der Waals surface area contributed by atoms with Gasteiger partial charge in [0.15, 0.2) is 5.96 Å². The molecule has 0 aliphatic carbocycles. The quantitative estimate of drug-likeness (QED) is 0.504. The first-order valence-corrected chi connectivity index (χ1v) is 6.95. The summed E-state index contributed by atoms with van der Waals surface area (Å²) in [7, 11) is 0. The van der Waals surface area contributed by atoms with Crippen molar-refractivity contribution in [1.29, 1.82) is 0 Å². The molecule has 0 atom stereocenters. The van der Waals surface area contributed by atoms with Crippen molar-refractivity contribution in [2.75, 3.05) is 6.26 Å². The third-order valence-corrected chi connectivity index (χ3v) is 3.03. The lowest BCUT2D eigenvalue weighted by Gasteiger charge is -2.21. The summed E-state index contributed by atoms with van der Waals surface area (Å²) < 4.78 is 13.7. The fraction of sp³-hybridized carbons (Fsp3) is 0.462. The number of nitrogens with two attached hydrogens (primary N) is 1. The number of aliphatic imine (C=N–C) groups is 1. The molecule has 1 aromatic carbocycles. The van der Waals surface area contributed by atoms with Crippen molar-refractivity contribution in [3.8, 4) is 0 Å². The Hall–Kier alpha value is -1.23. The Morgan fingerprint density at radius 1 is 1.44 bits per heavy atom. The van der Waals surface area contributed by atoms with Crippen LogP contribution in [0.3, 0.4) is 0 Å². The van der Waals surface area contributed by atoms with E-state index in [4.69, 9.17) is 5.73 Å². The van der Waals surface area contributed by atoms with E-state index in [0.29, 0.717) is 11.5 Å². The van der Waals surface area contributed by atoms with Gasteiger partial charge in [0.05, 0.1) is 6.54 Å². The predicted octanol–water partition coefficient (Wildman–Crippen LogP) is 2.75. The molecule has 0 spiro atoms. The number of thioether (sulfide) groups is 1. The average Bonchev–Trinajstić information content (AvgIpc) is 2.24. The molecule has 0 amide bonds. The van der Waals surface area contributed by atoms with E-state index in [1.54, 1.807) is 6.07 Å². The summed E-state index contributed by atoms with van der Waals surface area (Å²) in [5.41, 5.74) is 6.20. The van der Waals surface area contributed by atoms with Gasteiger partial charge in [-0.1, -0.05) is 6.07 Å². The zero-order valence-corrected chi connectivity index (χ0v) is 12.1. The number of nitrogens with one attached hydrogen (secondary N) is 1. The monoisotopic (exact) mass is 269 g/mol. The highest BCUT2D eigenvalue weighted by atomic mass is 32.2. The standard InChI is InChI=1S/C13H20FN3S/c1-13(2,3)17-12(15)16-8-9-10(14)6-5-7-11(9)18-4/h5-7H,8H2,1-4H3,(H3,15,16,17). The van der Waals surface area contributed by atoms with Gasteiger partial charge in [-0.3, -0.25) is 0 Å². The molecular weight excluding hydrogens is 249 g/mol. The molecule has 0 saturated heterocycles. The lowest BCUT2D eigenvalue weighted by Crippen LogP contribution is -2.45. The van der Waals surface area contributed by atoms with Gasteiger partial charge in [-0.25, -0.2) is 9.38 Å². The zero-order chi connectivity index (χ0) is 13.8. The molecule has 0 aliphatic rings. The van der Waals surface area contributed by atoms with Crippen LogP contribution in [-0.4, -0.2) is 17.8 Å². The number of hydrogen-bond donors (Lipinski definition) is 2. The summed E-state index contributed by atoms with van der Waals surface area (Å²) >= 11 is 1.50. The van der Waals surface area contributed by atoms with Crippen molar-refractivity contribution in [1.82, 2.24) is 5.32 Å². The zero-order valence-electron chi connectivity index (χ0n) is 11.2. The number of nitrogens with zero attached hydrogens (tertiary/aromatic N) is 1. The van der Waals surface area contributed by atoms with Crippen LogP contribution in [0.1, 0.15) is 26.3 Å². The van der Waals surface area contributed by atoms with E-state index in [1.165, 1.54) is 17.8 Å². The fourth-order valence-corrected chi connectivity index (χ4v) is 2.09. The molecule has 0 aromatic heterocycles. The van der Waals surface area contributed by atoms with E-state index in [-0.39, 0.29) is 17.9 Å². The summed E-state index contributed by atoms with van der Waals surface area (Å²) in [6.45, 7) is 6.22. The van der Waals surface area contributed by atoms with Crippen LogP contribution in [-0.2, 0) is 6.54 Å². The van der Waals surface area contributed by atoms with Gasteiger partial charge in [0.2, 0.25) is 0 Å². The number of benzene rings is 1. The Balaban J connectivity index is 2.83. The van der Waals surface area contributed by atoms with Crippen molar-refractivity contribution in [3.05, 3.63) is 29.6 Å². The van der Waals surface area contributed by atoms with Gasteiger partial charge in [-0.05, 0) is 39.2 Å². The number of rotatable bonds is 3. The van der Waals surface area contributed by atoms with Crippen molar-refractivity contribution >= 4 is 17.7 Å². The Morgan fingerprint density at radius 3 is 2.67 bits per heavy atom. The molecular formula is C13H20FN3S. The largest absolute Gasteiger partial charge is 0.370 e. The van der Waals surface area contributed by atoms with Gasteiger partial charge >= 0.3 is 0 Å². The van der Waals surface area contributed by atoms with E-state index in [0.717, 1.165) is 4.90 Å². The number of guanidine groups is 1. The third-order valence-electron chi connectivity index (χ3n) is 2.21. The maximum Gasteiger partial charge on any atom is 0.189 e. The van der Waals surface area contributed by atoms with Crippen molar-refractivity contribution < 1.29 is 4.39 Å². The van der Waals surface area contributed by atoms with Crippen molar-refractivity contribution in [2.45, 2.75) is 37.8 Å². The number of hydrogen-bond acceptors (Lipinski definition) is 2. The van der Waals surface area contributed by atoms with Gasteiger partial charge in [0, 0.05) is 16.0 Å². The molecule has 0 saturated carbocycles. The molecule has 100 valence electrons. The first-order valence-electron chi connectivity index (χ1n) is 5.73. The molecule has 0 bridgehead atoms. The van der Waals surface area contributed by atoms with E-state index >= 15 is 0 Å². The van der Waals surface area contributed by atoms with Gasteiger partial charge in [-0.2, -0.15) is 0 Å². The highest BCUT2D eigenvalue weighted by Crippen LogP contribution is 2.23. The lowest BCUT2D eigenvalue weighted by molar-refractivity contribution is 0.508. The molecule has 0 unspecified atom stereocenters. The normalized spacial score (nSPS) is 12.6. The minimum atomic E-state index is -0.242. The molecule has 0 radical (unpaired) electrons. The fourth-order valence-electron chi connectivity index (χ4n) is 1.47. The SMILES string of the molecule is CSc1cccc(F)c1CN=C(N)NC(C)(C)C. The first-order chi connectivity index (χ1) is 8.33. The second-order valence-electron chi connectivity index (χ2n) is 5.00. The van der Waals surface area contributed by atoms with Crippen molar-refractivity contribution in [3.63, 3.8) is 0 Å². The van der Waals surface area contributed by atoms with Crippen LogP contribution >= 0.6 is 11.8 Å². The van der Waals surface area contributed by atoms with Crippen LogP contribution < -0.4 is 11.1 Å². The first kappa shape index (κ1) is 14.8. The van der Waals surface area contributed by atoms with Crippen LogP contribution in [0, 0.1) is 5.82 Å². The molecule has 0 heterocycles. The summed E-state index contributed by atoms with van der Waals surface area (Å²) in [5.74, 6) is 0.0898. The lowest BCUT2D eigenvalue weighted by atomic mass is 10.1. The molecule has 3 nitrogen and oxygen atoms in total. The van der Waals surface area contributed by atoms with E-state index < -0.39 is 0 Å². The maximum absolute atomic E-state index is 13.7. The van der Waals surface area contributed by atoms with Crippen LogP contribution in [0.2, 0.25) is 0 Å². The molecule has 1 aromatic rings. The Labute approximate surface area is 112 Å².